The zero-order valence-corrected chi connectivity index (χ0v) is 16.6. The summed E-state index contributed by atoms with van der Waals surface area (Å²) in [5.74, 6) is 1.07. The first-order valence-electron chi connectivity index (χ1n) is 9.19. The molecule has 4 aromatic rings. The molecule has 0 fully saturated rings. The summed E-state index contributed by atoms with van der Waals surface area (Å²) in [4.78, 5) is 13.6. The van der Waals surface area contributed by atoms with Crippen LogP contribution in [0.1, 0.15) is 5.56 Å². The first kappa shape index (κ1) is 19.1. The predicted octanol–water partition coefficient (Wildman–Crippen LogP) is 4.99. The summed E-state index contributed by atoms with van der Waals surface area (Å²) in [7, 11) is 1.93. The molecule has 0 saturated heterocycles. The van der Waals surface area contributed by atoms with E-state index in [9.17, 15) is 4.39 Å². The molecule has 0 bridgehead atoms. The summed E-state index contributed by atoms with van der Waals surface area (Å²) in [5, 5.41) is 3.91. The van der Waals surface area contributed by atoms with Gasteiger partial charge in [0.2, 0.25) is 5.95 Å². The molecule has 1 N–H and O–H groups in total. The van der Waals surface area contributed by atoms with Crippen LogP contribution in [-0.4, -0.2) is 26.1 Å². The Hall–Kier alpha value is -3.25. The van der Waals surface area contributed by atoms with Gasteiger partial charge in [0.25, 0.3) is 0 Å². The Morgan fingerprint density at radius 3 is 2.48 bits per heavy atom. The van der Waals surface area contributed by atoms with Gasteiger partial charge in [-0.15, -0.1) is 0 Å². The third kappa shape index (κ3) is 4.43. The molecule has 146 valence electrons. The first-order chi connectivity index (χ1) is 14.1. The third-order valence-electron chi connectivity index (χ3n) is 4.58. The van der Waals surface area contributed by atoms with E-state index >= 15 is 0 Å². The van der Waals surface area contributed by atoms with Crippen molar-refractivity contribution >= 4 is 17.5 Å². The van der Waals surface area contributed by atoms with E-state index in [0.717, 1.165) is 34.6 Å². The van der Waals surface area contributed by atoms with Gasteiger partial charge in [-0.25, -0.2) is 19.3 Å². The van der Waals surface area contributed by atoms with Gasteiger partial charge in [0.15, 0.2) is 0 Å². The highest BCUT2D eigenvalue weighted by atomic mass is 35.5. The normalized spacial score (nSPS) is 10.9. The average molecular weight is 408 g/mol. The van der Waals surface area contributed by atoms with E-state index < -0.39 is 0 Å². The van der Waals surface area contributed by atoms with Gasteiger partial charge in [-0.2, -0.15) is 0 Å². The second-order valence-corrected chi connectivity index (χ2v) is 7.06. The molecule has 4 rings (SSSR count). The molecule has 0 atom stereocenters. The Morgan fingerprint density at radius 1 is 1.03 bits per heavy atom. The molecular formula is C22H19ClFN5. The number of hydrogen-bond donors (Lipinski definition) is 1. The van der Waals surface area contributed by atoms with E-state index in [1.54, 1.807) is 24.5 Å². The molecule has 0 radical (unpaired) electrons. The Kier molecular flexibility index (Phi) is 5.53. The molecule has 0 amide bonds. The molecule has 0 spiro atoms. The summed E-state index contributed by atoms with van der Waals surface area (Å²) >= 11 is 6.05. The zero-order chi connectivity index (χ0) is 20.2. The predicted molar refractivity (Wildman–Crippen MR) is 113 cm³/mol. The molecule has 0 aliphatic carbocycles. The molecule has 2 aromatic carbocycles. The van der Waals surface area contributed by atoms with Crippen LogP contribution in [0.5, 0.6) is 0 Å². The van der Waals surface area contributed by atoms with Gasteiger partial charge in [0.1, 0.15) is 11.6 Å². The van der Waals surface area contributed by atoms with Crippen LogP contribution in [0, 0.1) is 5.82 Å². The van der Waals surface area contributed by atoms with E-state index in [1.165, 1.54) is 12.1 Å². The highest BCUT2D eigenvalue weighted by Gasteiger charge is 2.15. The van der Waals surface area contributed by atoms with Gasteiger partial charge in [0, 0.05) is 42.8 Å². The lowest BCUT2D eigenvalue weighted by Crippen LogP contribution is -2.09. The summed E-state index contributed by atoms with van der Waals surface area (Å²) in [6.45, 7) is 0.632. The van der Waals surface area contributed by atoms with Gasteiger partial charge in [-0.05, 0) is 36.2 Å². The van der Waals surface area contributed by atoms with Gasteiger partial charge >= 0.3 is 0 Å². The lowest BCUT2D eigenvalue weighted by molar-refractivity contribution is 0.627. The van der Waals surface area contributed by atoms with Gasteiger partial charge < -0.3 is 9.88 Å². The maximum Gasteiger partial charge on any atom is 0.223 e. The van der Waals surface area contributed by atoms with E-state index in [-0.39, 0.29) is 5.82 Å². The largest absolute Gasteiger partial charge is 0.354 e. The maximum absolute atomic E-state index is 13.0. The van der Waals surface area contributed by atoms with E-state index in [1.807, 2.05) is 42.1 Å². The van der Waals surface area contributed by atoms with Crippen LogP contribution in [0.15, 0.2) is 67.1 Å². The van der Waals surface area contributed by atoms with Crippen molar-refractivity contribution in [2.45, 2.75) is 6.42 Å². The van der Waals surface area contributed by atoms with Crippen molar-refractivity contribution in [1.82, 2.24) is 19.5 Å². The van der Waals surface area contributed by atoms with Gasteiger partial charge in [-0.3, -0.25) is 0 Å². The number of anilines is 1. The summed E-state index contributed by atoms with van der Waals surface area (Å²) in [5.41, 5.74) is 3.58. The Morgan fingerprint density at radius 2 is 1.79 bits per heavy atom. The summed E-state index contributed by atoms with van der Waals surface area (Å²) in [6, 6.07) is 14.0. The smallest absolute Gasteiger partial charge is 0.223 e. The van der Waals surface area contributed by atoms with Crippen molar-refractivity contribution in [3.63, 3.8) is 0 Å². The molecule has 2 heterocycles. The van der Waals surface area contributed by atoms with Crippen molar-refractivity contribution in [3.05, 3.63) is 83.5 Å². The van der Waals surface area contributed by atoms with Crippen LogP contribution in [0.2, 0.25) is 5.02 Å². The fourth-order valence-corrected chi connectivity index (χ4v) is 3.18. The minimum atomic E-state index is -0.234. The van der Waals surface area contributed by atoms with E-state index in [4.69, 9.17) is 16.6 Å². The zero-order valence-electron chi connectivity index (χ0n) is 15.8. The minimum absolute atomic E-state index is 0.234. The van der Waals surface area contributed by atoms with Crippen LogP contribution in [0.25, 0.3) is 22.6 Å². The van der Waals surface area contributed by atoms with Crippen LogP contribution in [-0.2, 0) is 13.5 Å². The van der Waals surface area contributed by atoms with Crippen LogP contribution >= 0.6 is 11.6 Å². The van der Waals surface area contributed by atoms with Crippen LogP contribution in [0.3, 0.4) is 0 Å². The molecule has 29 heavy (non-hydrogen) atoms. The van der Waals surface area contributed by atoms with Crippen molar-refractivity contribution < 1.29 is 4.39 Å². The number of aromatic nitrogens is 4. The number of nitrogens with zero attached hydrogens (tertiary/aromatic N) is 4. The van der Waals surface area contributed by atoms with E-state index in [0.29, 0.717) is 17.5 Å². The Labute approximate surface area is 173 Å². The number of halogens is 2. The summed E-state index contributed by atoms with van der Waals surface area (Å²) in [6.07, 6.45) is 6.15. The molecule has 0 aliphatic rings. The van der Waals surface area contributed by atoms with Crippen molar-refractivity contribution in [1.29, 1.82) is 0 Å². The monoisotopic (exact) mass is 407 g/mol. The molecule has 0 unspecified atom stereocenters. The van der Waals surface area contributed by atoms with Crippen molar-refractivity contribution in [3.8, 4) is 22.6 Å². The second-order valence-electron chi connectivity index (χ2n) is 6.63. The second kappa shape index (κ2) is 8.41. The highest BCUT2D eigenvalue weighted by molar-refractivity contribution is 6.30. The SMILES string of the molecule is Cn1ccnc1-c1cnc(NCCc2ccc(F)cc2)nc1-c1ccc(Cl)cc1. The summed E-state index contributed by atoms with van der Waals surface area (Å²) < 4.78 is 15.0. The van der Waals surface area contributed by atoms with Crippen LogP contribution < -0.4 is 5.32 Å². The average Bonchev–Trinajstić information content (AvgIpc) is 3.16. The fraction of sp³-hybridized carbons (Fsp3) is 0.136. The molecular weight excluding hydrogens is 389 g/mol. The lowest BCUT2D eigenvalue weighted by atomic mass is 10.1. The maximum atomic E-state index is 13.0. The Bertz CT molecular complexity index is 1110. The molecule has 5 nitrogen and oxygen atoms in total. The van der Waals surface area contributed by atoms with Crippen molar-refractivity contribution in [2.24, 2.45) is 7.05 Å². The third-order valence-corrected chi connectivity index (χ3v) is 4.83. The Balaban J connectivity index is 1.60. The number of aryl methyl sites for hydroxylation is 1. The number of imidazole rings is 1. The molecule has 0 aliphatic heterocycles. The van der Waals surface area contributed by atoms with Gasteiger partial charge in [0.05, 0.1) is 11.3 Å². The fourth-order valence-electron chi connectivity index (χ4n) is 3.05. The number of rotatable bonds is 6. The number of hydrogen-bond acceptors (Lipinski definition) is 4. The number of nitrogens with one attached hydrogen (secondary N) is 1. The molecule has 0 saturated carbocycles. The number of benzene rings is 2. The van der Waals surface area contributed by atoms with Gasteiger partial charge in [-0.1, -0.05) is 35.9 Å². The highest BCUT2D eigenvalue weighted by Crippen LogP contribution is 2.30. The standard InChI is InChI=1S/C22H19ClFN5/c1-29-13-12-25-21(29)19-14-27-22(26-11-10-15-2-8-18(24)9-3-15)28-20(19)16-4-6-17(23)7-5-16/h2-9,12-14H,10-11H2,1H3,(H,26,27,28). The van der Waals surface area contributed by atoms with Crippen molar-refractivity contribution in [2.75, 3.05) is 11.9 Å². The van der Waals surface area contributed by atoms with E-state index in [2.05, 4.69) is 15.3 Å². The topological polar surface area (TPSA) is 55.6 Å². The molecule has 7 heteroatoms. The quantitative estimate of drug-likeness (QED) is 0.489. The first-order valence-corrected chi connectivity index (χ1v) is 9.57. The van der Waals surface area contributed by atoms with Crippen LogP contribution in [0.4, 0.5) is 10.3 Å². The molecule has 2 aromatic heterocycles. The lowest BCUT2D eigenvalue weighted by Gasteiger charge is -2.12. The minimum Gasteiger partial charge on any atom is -0.354 e.